The van der Waals surface area contributed by atoms with E-state index in [1.54, 1.807) is 42.5 Å². The Labute approximate surface area is 217 Å². The summed E-state index contributed by atoms with van der Waals surface area (Å²) in [5, 5.41) is 15.3. The first kappa shape index (κ1) is 26.9. The van der Waals surface area contributed by atoms with Crippen LogP contribution < -0.4 is 5.32 Å². The number of amides is 1. The third kappa shape index (κ3) is 6.57. The molecule has 2 aromatic carbocycles. The lowest BCUT2D eigenvalue weighted by Crippen LogP contribution is -2.47. The number of aryl methyl sites for hydroxylation is 1. The van der Waals surface area contributed by atoms with Crippen molar-refractivity contribution in [3.8, 4) is 0 Å². The molecule has 10 heteroatoms. The molecule has 198 valence electrons. The molecule has 1 heterocycles. The average Bonchev–Trinajstić information content (AvgIpc) is 3.43. The highest BCUT2D eigenvalue weighted by atomic mass is 19.4. The van der Waals surface area contributed by atoms with Crippen LogP contribution >= 0.6 is 0 Å². The molecule has 7 nitrogen and oxygen atoms in total. The van der Waals surface area contributed by atoms with E-state index in [-0.39, 0.29) is 13.0 Å². The number of aromatic nitrogens is 2. The number of halogens is 3. The molecular formula is C28H26F3N3O4. The van der Waals surface area contributed by atoms with Crippen LogP contribution in [0.4, 0.5) is 13.2 Å². The Bertz CT molecular complexity index is 1300. The van der Waals surface area contributed by atoms with Crippen molar-refractivity contribution in [1.29, 1.82) is 0 Å². The molecule has 0 saturated carbocycles. The standard InChI is InChI=1S/C28H26F3N3O4/c29-28(30,31)38-27(34-18-4-16-33-34)15-13-23(21-5-2-1-3-6-21)19-24(27)12-9-20-7-10-22(11-8-20)26(37)32-17-14-25(35)36/h1-8,10-11,13,15-16,18-19,24H,9,12,14,17H2,(H,32,37)(H,35,36). The maximum Gasteiger partial charge on any atom is 0.524 e. The smallest absolute Gasteiger partial charge is 0.481 e. The van der Waals surface area contributed by atoms with E-state index in [1.807, 2.05) is 30.3 Å². The monoisotopic (exact) mass is 525 g/mol. The minimum Gasteiger partial charge on any atom is -0.481 e. The molecular weight excluding hydrogens is 499 g/mol. The van der Waals surface area contributed by atoms with Crippen molar-refractivity contribution in [3.05, 3.63) is 108 Å². The zero-order valence-corrected chi connectivity index (χ0v) is 20.3. The zero-order valence-electron chi connectivity index (χ0n) is 20.3. The molecule has 0 radical (unpaired) electrons. The van der Waals surface area contributed by atoms with Crippen molar-refractivity contribution in [2.75, 3.05) is 6.54 Å². The third-order valence-electron chi connectivity index (χ3n) is 6.25. The number of carboxylic acids is 1. The lowest BCUT2D eigenvalue weighted by Gasteiger charge is -2.40. The van der Waals surface area contributed by atoms with Gasteiger partial charge in [0.1, 0.15) is 0 Å². The fraction of sp³-hybridized carbons (Fsp3) is 0.250. The van der Waals surface area contributed by atoms with E-state index >= 15 is 0 Å². The van der Waals surface area contributed by atoms with Gasteiger partial charge in [-0.05, 0) is 53.8 Å². The van der Waals surface area contributed by atoms with Gasteiger partial charge in [-0.2, -0.15) is 5.10 Å². The van der Waals surface area contributed by atoms with Crippen molar-refractivity contribution in [2.24, 2.45) is 5.92 Å². The number of hydrogen-bond acceptors (Lipinski definition) is 4. The molecule has 2 unspecified atom stereocenters. The molecule has 3 aromatic rings. The van der Waals surface area contributed by atoms with Gasteiger partial charge in [-0.3, -0.25) is 14.3 Å². The molecule has 0 fully saturated rings. The van der Waals surface area contributed by atoms with Crippen molar-refractivity contribution < 1.29 is 32.6 Å². The number of benzene rings is 2. The van der Waals surface area contributed by atoms with Gasteiger partial charge >= 0.3 is 12.3 Å². The molecule has 0 aliphatic heterocycles. The Morgan fingerprint density at radius 2 is 1.82 bits per heavy atom. The van der Waals surface area contributed by atoms with Gasteiger partial charge in [-0.25, -0.2) is 4.68 Å². The lowest BCUT2D eigenvalue weighted by molar-refractivity contribution is -0.384. The summed E-state index contributed by atoms with van der Waals surface area (Å²) in [6.45, 7) is 0.00984. The molecule has 1 amide bonds. The molecule has 38 heavy (non-hydrogen) atoms. The Kier molecular flexibility index (Phi) is 8.11. The second kappa shape index (κ2) is 11.5. The van der Waals surface area contributed by atoms with Gasteiger partial charge in [0.05, 0.1) is 6.42 Å². The van der Waals surface area contributed by atoms with E-state index in [1.165, 1.54) is 23.2 Å². The SMILES string of the molecule is O=C(O)CCNC(=O)c1ccc(CCC2C=C(c3ccccc3)C=CC2(OC(F)(F)F)n2cccn2)cc1. The van der Waals surface area contributed by atoms with Crippen LogP contribution in [0.15, 0.2) is 91.3 Å². The zero-order chi connectivity index (χ0) is 27.2. The minimum absolute atomic E-state index is 0.00984. The quantitative estimate of drug-likeness (QED) is 0.381. The summed E-state index contributed by atoms with van der Waals surface area (Å²) < 4.78 is 47.1. The van der Waals surface area contributed by atoms with Gasteiger partial charge in [0.25, 0.3) is 5.91 Å². The summed E-state index contributed by atoms with van der Waals surface area (Å²) in [5.74, 6) is -2.14. The molecule has 1 aliphatic rings. The fourth-order valence-corrected chi connectivity index (χ4v) is 4.43. The van der Waals surface area contributed by atoms with E-state index in [0.29, 0.717) is 18.4 Å². The summed E-state index contributed by atoms with van der Waals surface area (Å²) in [4.78, 5) is 22.8. The predicted molar refractivity (Wildman–Crippen MR) is 134 cm³/mol. The van der Waals surface area contributed by atoms with E-state index < -0.39 is 29.9 Å². The van der Waals surface area contributed by atoms with Crippen molar-refractivity contribution in [2.45, 2.75) is 31.3 Å². The number of carbonyl (C=O) groups is 2. The molecule has 2 N–H and O–H groups in total. The number of carbonyl (C=O) groups excluding carboxylic acids is 1. The van der Waals surface area contributed by atoms with Gasteiger partial charge in [0, 0.05) is 30.4 Å². The van der Waals surface area contributed by atoms with Gasteiger partial charge in [0.15, 0.2) is 5.72 Å². The summed E-state index contributed by atoms with van der Waals surface area (Å²) in [6, 6.07) is 17.6. The highest BCUT2D eigenvalue weighted by Gasteiger charge is 2.49. The minimum atomic E-state index is -4.91. The highest BCUT2D eigenvalue weighted by Crippen LogP contribution is 2.43. The number of nitrogens with one attached hydrogen (secondary N) is 1. The van der Waals surface area contributed by atoms with Crippen LogP contribution in [0.25, 0.3) is 5.57 Å². The average molecular weight is 526 g/mol. The van der Waals surface area contributed by atoms with Crippen LogP contribution in [0.3, 0.4) is 0 Å². The van der Waals surface area contributed by atoms with E-state index in [9.17, 15) is 22.8 Å². The number of carboxylic acid groups (broad SMARTS) is 1. The number of rotatable bonds is 10. The number of alkyl halides is 3. The molecule has 0 saturated heterocycles. The fourth-order valence-electron chi connectivity index (χ4n) is 4.43. The summed E-state index contributed by atoms with van der Waals surface area (Å²) in [5.41, 5.74) is 0.907. The Hall–Kier alpha value is -4.18. The van der Waals surface area contributed by atoms with Gasteiger partial charge in [-0.15, -0.1) is 13.2 Å². The molecule has 0 spiro atoms. The molecule has 0 bridgehead atoms. The first-order valence-electron chi connectivity index (χ1n) is 12.0. The topological polar surface area (TPSA) is 93.5 Å². The third-order valence-corrected chi connectivity index (χ3v) is 6.25. The van der Waals surface area contributed by atoms with Crippen molar-refractivity contribution >= 4 is 17.4 Å². The van der Waals surface area contributed by atoms with Crippen LogP contribution in [0, 0.1) is 5.92 Å². The van der Waals surface area contributed by atoms with Crippen LogP contribution in [0.2, 0.25) is 0 Å². The van der Waals surface area contributed by atoms with Gasteiger partial charge in [0.2, 0.25) is 0 Å². The van der Waals surface area contributed by atoms with Crippen LogP contribution in [-0.2, 0) is 21.7 Å². The largest absolute Gasteiger partial charge is 0.524 e. The second-order valence-corrected chi connectivity index (χ2v) is 8.81. The number of ether oxygens (including phenoxy) is 1. The Morgan fingerprint density at radius 3 is 2.45 bits per heavy atom. The number of hydrogen-bond donors (Lipinski definition) is 2. The number of nitrogens with zero attached hydrogens (tertiary/aromatic N) is 2. The second-order valence-electron chi connectivity index (χ2n) is 8.81. The predicted octanol–water partition coefficient (Wildman–Crippen LogP) is 5.18. The van der Waals surface area contributed by atoms with E-state index in [4.69, 9.17) is 9.84 Å². The Morgan fingerprint density at radius 1 is 1.08 bits per heavy atom. The van der Waals surface area contributed by atoms with Crippen LogP contribution in [0.1, 0.15) is 34.3 Å². The Balaban J connectivity index is 1.58. The lowest BCUT2D eigenvalue weighted by atomic mass is 9.82. The summed E-state index contributed by atoms with van der Waals surface area (Å²) in [7, 11) is 0. The van der Waals surface area contributed by atoms with Crippen LogP contribution in [0.5, 0.6) is 0 Å². The van der Waals surface area contributed by atoms with E-state index in [2.05, 4.69) is 10.4 Å². The van der Waals surface area contributed by atoms with E-state index in [0.717, 1.165) is 16.7 Å². The first-order chi connectivity index (χ1) is 18.2. The number of allylic oxidation sites excluding steroid dienone is 2. The summed E-state index contributed by atoms with van der Waals surface area (Å²) >= 11 is 0. The molecule has 1 aliphatic carbocycles. The molecule has 4 rings (SSSR count). The maximum absolute atomic E-state index is 13.7. The normalized spacial score (nSPS) is 19.1. The molecule has 1 aromatic heterocycles. The highest BCUT2D eigenvalue weighted by molar-refractivity contribution is 5.94. The maximum atomic E-state index is 13.7. The van der Waals surface area contributed by atoms with Crippen LogP contribution in [-0.4, -0.2) is 39.7 Å². The first-order valence-corrected chi connectivity index (χ1v) is 12.0. The van der Waals surface area contributed by atoms with Crippen molar-refractivity contribution in [3.63, 3.8) is 0 Å². The van der Waals surface area contributed by atoms with Gasteiger partial charge < -0.3 is 10.4 Å². The molecule has 2 atom stereocenters. The number of aliphatic carboxylic acids is 1. The van der Waals surface area contributed by atoms with Crippen molar-refractivity contribution in [1.82, 2.24) is 15.1 Å². The van der Waals surface area contributed by atoms with Gasteiger partial charge in [-0.1, -0.05) is 54.6 Å². The summed E-state index contributed by atoms with van der Waals surface area (Å²) in [6.07, 6.45) is 3.27.